The van der Waals surface area contributed by atoms with Gasteiger partial charge in [-0.2, -0.15) is 0 Å². The van der Waals surface area contributed by atoms with Gasteiger partial charge < -0.3 is 10.3 Å². The van der Waals surface area contributed by atoms with Gasteiger partial charge in [-0.3, -0.25) is 0 Å². The van der Waals surface area contributed by atoms with Gasteiger partial charge in [-0.1, -0.05) is 22.9 Å². The molecule has 0 bridgehead atoms. The maximum Gasteiger partial charge on any atom is 0.113 e. The molecule has 0 saturated carbocycles. The zero-order chi connectivity index (χ0) is 11.7. The fraction of sp³-hybridized carbons (Fsp3) is 0.417. The molecule has 0 amide bonds. The Morgan fingerprint density at radius 1 is 1.50 bits per heavy atom. The Morgan fingerprint density at radius 2 is 2.25 bits per heavy atom. The molecule has 1 heterocycles. The Morgan fingerprint density at radius 3 is 2.88 bits per heavy atom. The van der Waals surface area contributed by atoms with E-state index in [9.17, 15) is 0 Å². The lowest BCUT2D eigenvalue weighted by Gasteiger charge is -2.11. The minimum Gasteiger partial charge on any atom is -0.331 e. The van der Waals surface area contributed by atoms with Crippen molar-refractivity contribution in [2.75, 3.05) is 6.54 Å². The first-order valence-electron chi connectivity index (χ1n) is 5.49. The third-order valence-corrected chi connectivity index (χ3v) is 3.51. The Balaban J connectivity index is 2.59. The molecular weight excluding hydrogens is 266 g/mol. The summed E-state index contributed by atoms with van der Waals surface area (Å²) < 4.78 is 3.20. The van der Waals surface area contributed by atoms with Gasteiger partial charge in [0, 0.05) is 24.0 Å². The SMILES string of the molecule is CCC(CN)c1nc2cc(Br)ccc2n1C. The van der Waals surface area contributed by atoms with Crippen LogP contribution in [0, 0.1) is 0 Å². The quantitative estimate of drug-likeness (QED) is 0.940. The highest BCUT2D eigenvalue weighted by atomic mass is 79.9. The van der Waals surface area contributed by atoms with E-state index in [0.29, 0.717) is 12.5 Å². The van der Waals surface area contributed by atoms with Crippen molar-refractivity contribution in [3.8, 4) is 0 Å². The molecule has 1 unspecified atom stereocenters. The number of benzene rings is 1. The molecule has 2 N–H and O–H groups in total. The van der Waals surface area contributed by atoms with Crippen LogP contribution in [0.15, 0.2) is 22.7 Å². The molecule has 0 saturated heterocycles. The monoisotopic (exact) mass is 281 g/mol. The summed E-state index contributed by atoms with van der Waals surface area (Å²) in [5, 5.41) is 0. The second-order valence-corrected chi connectivity index (χ2v) is 4.92. The Labute approximate surface area is 104 Å². The van der Waals surface area contributed by atoms with E-state index in [4.69, 9.17) is 5.73 Å². The molecule has 0 spiro atoms. The van der Waals surface area contributed by atoms with Gasteiger partial charge in [0.2, 0.25) is 0 Å². The summed E-state index contributed by atoms with van der Waals surface area (Å²) >= 11 is 3.46. The van der Waals surface area contributed by atoms with E-state index in [1.165, 1.54) is 0 Å². The summed E-state index contributed by atoms with van der Waals surface area (Å²) in [5.74, 6) is 1.43. The van der Waals surface area contributed by atoms with Crippen molar-refractivity contribution in [1.82, 2.24) is 9.55 Å². The molecule has 0 fully saturated rings. The first-order chi connectivity index (χ1) is 7.67. The van der Waals surface area contributed by atoms with E-state index in [-0.39, 0.29) is 0 Å². The molecule has 16 heavy (non-hydrogen) atoms. The highest BCUT2D eigenvalue weighted by Gasteiger charge is 2.15. The van der Waals surface area contributed by atoms with E-state index >= 15 is 0 Å². The van der Waals surface area contributed by atoms with Gasteiger partial charge in [-0.25, -0.2) is 4.98 Å². The predicted molar refractivity (Wildman–Crippen MR) is 70.5 cm³/mol. The summed E-state index contributed by atoms with van der Waals surface area (Å²) in [6.07, 6.45) is 1.02. The van der Waals surface area contributed by atoms with Crippen molar-refractivity contribution in [2.24, 2.45) is 12.8 Å². The number of nitrogens with zero attached hydrogens (tertiary/aromatic N) is 2. The summed E-state index contributed by atoms with van der Waals surface area (Å²) in [5.41, 5.74) is 7.96. The van der Waals surface area contributed by atoms with Gasteiger partial charge in [0.25, 0.3) is 0 Å². The van der Waals surface area contributed by atoms with Crippen molar-refractivity contribution in [2.45, 2.75) is 19.3 Å². The lowest BCUT2D eigenvalue weighted by atomic mass is 10.1. The smallest absolute Gasteiger partial charge is 0.113 e. The molecule has 0 aliphatic rings. The number of aryl methyl sites for hydroxylation is 1. The van der Waals surface area contributed by atoms with E-state index < -0.39 is 0 Å². The van der Waals surface area contributed by atoms with Gasteiger partial charge in [-0.15, -0.1) is 0 Å². The van der Waals surface area contributed by atoms with Gasteiger partial charge >= 0.3 is 0 Å². The molecule has 0 aliphatic heterocycles. The van der Waals surface area contributed by atoms with Crippen LogP contribution >= 0.6 is 15.9 Å². The average Bonchev–Trinajstić information content (AvgIpc) is 2.58. The number of imidazole rings is 1. The largest absolute Gasteiger partial charge is 0.331 e. The lowest BCUT2D eigenvalue weighted by molar-refractivity contribution is 0.608. The summed E-state index contributed by atoms with van der Waals surface area (Å²) in [6.45, 7) is 2.79. The van der Waals surface area contributed by atoms with E-state index in [2.05, 4.69) is 45.5 Å². The highest BCUT2D eigenvalue weighted by Crippen LogP contribution is 2.24. The molecule has 3 nitrogen and oxygen atoms in total. The number of fused-ring (bicyclic) bond motifs is 1. The van der Waals surface area contributed by atoms with Crippen LogP contribution in [0.25, 0.3) is 11.0 Å². The third kappa shape index (κ3) is 1.87. The molecule has 4 heteroatoms. The predicted octanol–water partition coefficient (Wildman–Crippen LogP) is 2.79. The Hall–Kier alpha value is -0.870. The standard InChI is InChI=1S/C12H16BrN3/c1-3-8(7-14)12-15-10-6-9(13)4-5-11(10)16(12)2/h4-6,8H,3,7,14H2,1-2H3. The molecule has 2 aromatic rings. The first-order valence-corrected chi connectivity index (χ1v) is 6.28. The van der Waals surface area contributed by atoms with Gasteiger partial charge in [0.15, 0.2) is 0 Å². The first kappa shape index (κ1) is 11.6. The van der Waals surface area contributed by atoms with Crippen molar-refractivity contribution in [3.05, 3.63) is 28.5 Å². The van der Waals surface area contributed by atoms with Crippen molar-refractivity contribution in [1.29, 1.82) is 0 Å². The van der Waals surface area contributed by atoms with Gasteiger partial charge in [0.05, 0.1) is 11.0 Å². The van der Waals surface area contributed by atoms with Crippen LogP contribution in [-0.4, -0.2) is 16.1 Å². The number of hydrogen-bond donors (Lipinski definition) is 1. The van der Waals surface area contributed by atoms with Gasteiger partial charge in [-0.05, 0) is 24.6 Å². The van der Waals surface area contributed by atoms with Crippen LogP contribution in [0.5, 0.6) is 0 Å². The van der Waals surface area contributed by atoms with Crippen LogP contribution in [-0.2, 0) is 7.05 Å². The number of nitrogens with two attached hydrogens (primary N) is 1. The average molecular weight is 282 g/mol. The summed E-state index contributed by atoms with van der Waals surface area (Å²) in [6, 6.07) is 6.17. The molecule has 2 rings (SSSR count). The molecule has 1 atom stereocenters. The minimum atomic E-state index is 0.344. The van der Waals surface area contributed by atoms with E-state index in [1.54, 1.807) is 0 Å². The minimum absolute atomic E-state index is 0.344. The van der Waals surface area contributed by atoms with Crippen LogP contribution in [0.3, 0.4) is 0 Å². The highest BCUT2D eigenvalue weighted by molar-refractivity contribution is 9.10. The number of rotatable bonds is 3. The fourth-order valence-electron chi connectivity index (χ4n) is 2.01. The molecule has 1 aromatic carbocycles. The zero-order valence-electron chi connectivity index (χ0n) is 9.57. The van der Waals surface area contributed by atoms with Gasteiger partial charge in [0.1, 0.15) is 5.82 Å². The van der Waals surface area contributed by atoms with Crippen molar-refractivity contribution < 1.29 is 0 Å². The second kappa shape index (κ2) is 4.55. The van der Waals surface area contributed by atoms with Crippen molar-refractivity contribution >= 4 is 27.0 Å². The fourth-order valence-corrected chi connectivity index (χ4v) is 2.36. The van der Waals surface area contributed by atoms with Crippen molar-refractivity contribution in [3.63, 3.8) is 0 Å². The molecular formula is C12H16BrN3. The maximum atomic E-state index is 5.77. The molecule has 0 radical (unpaired) electrons. The molecule has 1 aromatic heterocycles. The number of aromatic nitrogens is 2. The lowest BCUT2D eigenvalue weighted by Crippen LogP contribution is -2.15. The number of halogens is 1. The van der Waals surface area contributed by atoms with Crippen LogP contribution in [0.4, 0.5) is 0 Å². The maximum absolute atomic E-state index is 5.77. The van der Waals surface area contributed by atoms with Crippen LogP contribution in [0.2, 0.25) is 0 Å². The van der Waals surface area contributed by atoms with E-state index in [1.807, 2.05) is 12.1 Å². The van der Waals surface area contributed by atoms with Crippen LogP contribution < -0.4 is 5.73 Å². The Bertz CT molecular complexity index is 500. The third-order valence-electron chi connectivity index (χ3n) is 3.02. The number of hydrogen-bond acceptors (Lipinski definition) is 2. The summed E-state index contributed by atoms with van der Waals surface area (Å²) in [4.78, 5) is 4.67. The zero-order valence-corrected chi connectivity index (χ0v) is 11.2. The molecule has 86 valence electrons. The topological polar surface area (TPSA) is 43.8 Å². The second-order valence-electron chi connectivity index (χ2n) is 4.00. The normalized spacial score (nSPS) is 13.2. The van der Waals surface area contributed by atoms with Crippen LogP contribution in [0.1, 0.15) is 25.1 Å². The Kier molecular flexibility index (Phi) is 3.30. The summed E-state index contributed by atoms with van der Waals surface area (Å²) in [7, 11) is 2.05. The molecule has 0 aliphatic carbocycles. The van der Waals surface area contributed by atoms with E-state index in [0.717, 1.165) is 27.8 Å².